The molecular formula is C16H22F2N2O3S. The van der Waals surface area contributed by atoms with Gasteiger partial charge in [0.25, 0.3) is 5.91 Å². The molecule has 3 N–H and O–H groups in total. The molecule has 8 heteroatoms. The smallest absolute Gasteiger partial charge is 0.337 e. The number of amides is 1. The summed E-state index contributed by atoms with van der Waals surface area (Å²) in [5, 5.41) is 2.96. The number of sulfone groups is 1. The Hall–Kier alpha value is -1.54. The summed E-state index contributed by atoms with van der Waals surface area (Å²) in [6.07, 6.45) is 4.04. The fourth-order valence-corrected chi connectivity index (χ4v) is 3.76. The number of hydrogen-bond acceptors (Lipinski definition) is 4. The van der Waals surface area contributed by atoms with E-state index < -0.39 is 21.3 Å². The van der Waals surface area contributed by atoms with E-state index in [4.69, 9.17) is 5.73 Å². The van der Waals surface area contributed by atoms with Crippen molar-refractivity contribution in [2.45, 2.75) is 43.2 Å². The van der Waals surface area contributed by atoms with Crippen molar-refractivity contribution in [3.8, 4) is 0 Å². The average molecular weight is 360 g/mol. The topological polar surface area (TPSA) is 89.3 Å². The molecule has 1 aromatic rings. The Bertz CT molecular complexity index is 662. The molecule has 1 amide bonds. The second kappa shape index (κ2) is 8.02. The highest BCUT2D eigenvalue weighted by Gasteiger charge is 2.26. The van der Waals surface area contributed by atoms with Crippen molar-refractivity contribution in [3.63, 3.8) is 0 Å². The van der Waals surface area contributed by atoms with E-state index in [0.717, 1.165) is 25.7 Å². The van der Waals surface area contributed by atoms with Crippen molar-refractivity contribution in [1.29, 1.82) is 0 Å². The number of carbonyl (C=O) groups is 1. The van der Waals surface area contributed by atoms with Crippen LogP contribution in [-0.4, -0.2) is 32.7 Å². The van der Waals surface area contributed by atoms with Crippen LogP contribution in [0.15, 0.2) is 24.3 Å². The van der Waals surface area contributed by atoms with Gasteiger partial charge in [-0.15, -0.1) is 0 Å². The first-order chi connectivity index (χ1) is 11.3. The van der Waals surface area contributed by atoms with Crippen LogP contribution in [0.25, 0.3) is 0 Å². The van der Waals surface area contributed by atoms with E-state index in [1.807, 2.05) is 0 Å². The van der Waals surface area contributed by atoms with E-state index in [-0.39, 0.29) is 23.4 Å². The summed E-state index contributed by atoms with van der Waals surface area (Å²) in [5.41, 5.74) is 6.34. The van der Waals surface area contributed by atoms with Gasteiger partial charge in [-0.05, 0) is 43.0 Å². The maximum atomic E-state index is 12.4. The van der Waals surface area contributed by atoms with E-state index in [0.29, 0.717) is 12.1 Å². The number of halogens is 2. The highest BCUT2D eigenvalue weighted by Crippen LogP contribution is 2.24. The van der Waals surface area contributed by atoms with Crippen LogP contribution in [0.5, 0.6) is 0 Å². The van der Waals surface area contributed by atoms with Gasteiger partial charge >= 0.3 is 5.76 Å². The maximum absolute atomic E-state index is 12.4. The van der Waals surface area contributed by atoms with Gasteiger partial charge in [-0.1, -0.05) is 25.0 Å². The minimum atomic E-state index is -4.47. The van der Waals surface area contributed by atoms with Crippen molar-refractivity contribution in [2.75, 3.05) is 6.54 Å². The molecule has 0 saturated heterocycles. The molecule has 2 unspecified atom stereocenters. The third-order valence-corrected chi connectivity index (χ3v) is 5.66. The van der Waals surface area contributed by atoms with Crippen molar-refractivity contribution in [3.05, 3.63) is 35.4 Å². The fourth-order valence-electron chi connectivity index (χ4n) is 2.98. The van der Waals surface area contributed by atoms with Crippen LogP contribution in [0.3, 0.4) is 0 Å². The third kappa shape index (κ3) is 4.73. The van der Waals surface area contributed by atoms with Gasteiger partial charge in [0.15, 0.2) is 0 Å². The van der Waals surface area contributed by atoms with Gasteiger partial charge < -0.3 is 11.1 Å². The van der Waals surface area contributed by atoms with E-state index in [2.05, 4.69) is 5.32 Å². The molecule has 1 fully saturated rings. The van der Waals surface area contributed by atoms with Crippen LogP contribution >= 0.6 is 0 Å². The molecule has 1 aliphatic rings. The summed E-state index contributed by atoms with van der Waals surface area (Å²) in [5.74, 6) is -4.15. The molecule has 0 aromatic heterocycles. The first kappa shape index (κ1) is 18.8. The van der Waals surface area contributed by atoms with Crippen molar-refractivity contribution >= 4 is 15.7 Å². The molecule has 0 radical (unpaired) electrons. The summed E-state index contributed by atoms with van der Waals surface area (Å²) < 4.78 is 47.2. The molecule has 0 bridgehead atoms. The van der Waals surface area contributed by atoms with Gasteiger partial charge in [0.1, 0.15) is 0 Å². The van der Waals surface area contributed by atoms with Gasteiger partial charge in [-0.2, -0.15) is 8.78 Å². The van der Waals surface area contributed by atoms with Crippen LogP contribution in [0.4, 0.5) is 8.78 Å². The Kier molecular flexibility index (Phi) is 6.28. The highest BCUT2D eigenvalue weighted by atomic mass is 32.2. The lowest BCUT2D eigenvalue weighted by Gasteiger charge is -2.31. The Labute approximate surface area is 140 Å². The summed E-state index contributed by atoms with van der Waals surface area (Å²) >= 11 is 0. The number of nitrogens with one attached hydrogen (secondary N) is 1. The van der Waals surface area contributed by atoms with Gasteiger partial charge in [-0.25, -0.2) is 8.42 Å². The first-order valence-corrected chi connectivity index (χ1v) is 9.64. The summed E-state index contributed by atoms with van der Waals surface area (Å²) in [6.45, 7) is 0.523. The van der Waals surface area contributed by atoms with Crippen molar-refractivity contribution < 1.29 is 22.0 Å². The van der Waals surface area contributed by atoms with Crippen LogP contribution in [0, 0.1) is 5.92 Å². The zero-order valence-corrected chi connectivity index (χ0v) is 14.1. The number of benzene rings is 1. The van der Waals surface area contributed by atoms with Gasteiger partial charge in [-0.3, -0.25) is 4.79 Å². The molecule has 1 saturated carbocycles. The SMILES string of the molecule is NCC1CCCCC1NC(=O)c1ccc(CS(=O)(=O)C(F)F)cc1. The number of nitrogens with two attached hydrogens (primary N) is 1. The van der Waals surface area contributed by atoms with Gasteiger partial charge in [0, 0.05) is 11.6 Å². The lowest BCUT2D eigenvalue weighted by Crippen LogP contribution is -2.44. The van der Waals surface area contributed by atoms with E-state index in [9.17, 15) is 22.0 Å². The quantitative estimate of drug-likeness (QED) is 0.813. The van der Waals surface area contributed by atoms with E-state index >= 15 is 0 Å². The minimum absolute atomic E-state index is 0.0372. The molecular weight excluding hydrogens is 338 g/mol. The summed E-state index contributed by atoms with van der Waals surface area (Å²) in [4.78, 5) is 12.3. The molecule has 1 aliphatic carbocycles. The van der Waals surface area contributed by atoms with Crippen LogP contribution in [0.1, 0.15) is 41.6 Å². The number of alkyl halides is 2. The summed E-state index contributed by atoms with van der Waals surface area (Å²) in [7, 11) is -4.47. The van der Waals surface area contributed by atoms with Crippen LogP contribution in [-0.2, 0) is 15.6 Å². The predicted molar refractivity (Wildman–Crippen MR) is 87.3 cm³/mol. The molecule has 2 rings (SSSR count). The second-order valence-electron chi connectivity index (χ2n) is 6.12. The molecule has 0 aliphatic heterocycles. The first-order valence-electron chi connectivity index (χ1n) is 7.93. The largest absolute Gasteiger partial charge is 0.349 e. The molecule has 1 aromatic carbocycles. The Balaban J connectivity index is 2.01. The van der Waals surface area contributed by atoms with Crippen LogP contribution in [0.2, 0.25) is 0 Å². The second-order valence-corrected chi connectivity index (χ2v) is 8.10. The predicted octanol–water partition coefficient (Wildman–Crippen LogP) is 2.07. The zero-order chi connectivity index (χ0) is 17.7. The maximum Gasteiger partial charge on any atom is 0.337 e. The fraction of sp³-hybridized carbons (Fsp3) is 0.562. The van der Waals surface area contributed by atoms with Crippen molar-refractivity contribution in [1.82, 2.24) is 5.32 Å². The molecule has 24 heavy (non-hydrogen) atoms. The molecule has 0 heterocycles. The Morgan fingerprint density at radius 1 is 1.21 bits per heavy atom. The number of rotatable bonds is 6. The van der Waals surface area contributed by atoms with Gasteiger partial charge in [0.2, 0.25) is 9.84 Å². The van der Waals surface area contributed by atoms with E-state index in [1.165, 1.54) is 24.3 Å². The van der Waals surface area contributed by atoms with Crippen LogP contribution < -0.4 is 11.1 Å². The van der Waals surface area contributed by atoms with Crippen molar-refractivity contribution in [2.24, 2.45) is 11.7 Å². The number of hydrogen-bond donors (Lipinski definition) is 2. The molecule has 134 valence electrons. The lowest BCUT2D eigenvalue weighted by atomic mass is 9.84. The molecule has 0 spiro atoms. The normalized spacial score (nSPS) is 21.7. The highest BCUT2D eigenvalue weighted by molar-refractivity contribution is 7.90. The zero-order valence-electron chi connectivity index (χ0n) is 13.3. The molecule has 5 nitrogen and oxygen atoms in total. The molecule has 2 atom stereocenters. The Morgan fingerprint density at radius 3 is 2.42 bits per heavy atom. The van der Waals surface area contributed by atoms with E-state index in [1.54, 1.807) is 0 Å². The standard InChI is InChI=1S/C16H22F2N2O3S/c17-16(18)24(22,23)10-11-5-7-12(8-6-11)15(21)20-14-4-2-1-3-13(14)9-19/h5-8,13-14,16H,1-4,9-10,19H2,(H,20,21). The third-order valence-electron chi connectivity index (χ3n) is 4.38. The lowest BCUT2D eigenvalue weighted by molar-refractivity contribution is 0.0908. The Morgan fingerprint density at radius 2 is 1.83 bits per heavy atom. The monoisotopic (exact) mass is 360 g/mol. The average Bonchev–Trinajstić information content (AvgIpc) is 2.55. The number of carbonyl (C=O) groups excluding carboxylic acids is 1. The van der Waals surface area contributed by atoms with Gasteiger partial charge in [0.05, 0.1) is 5.75 Å². The minimum Gasteiger partial charge on any atom is -0.349 e. The summed E-state index contributed by atoms with van der Waals surface area (Å²) in [6, 6.07) is 5.71.